The molecule has 0 spiro atoms. The summed E-state index contributed by atoms with van der Waals surface area (Å²) in [5.41, 5.74) is 2.60. The van der Waals surface area contributed by atoms with Gasteiger partial charge in [0, 0.05) is 25.3 Å². The first-order chi connectivity index (χ1) is 11.0. The van der Waals surface area contributed by atoms with Crippen LogP contribution in [0, 0.1) is 0 Å². The first kappa shape index (κ1) is 16.6. The Morgan fingerprint density at radius 2 is 1.61 bits per heavy atom. The van der Waals surface area contributed by atoms with Crippen LogP contribution in [-0.2, 0) is 0 Å². The van der Waals surface area contributed by atoms with Crippen molar-refractivity contribution in [2.24, 2.45) is 0 Å². The lowest BCUT2D eigenvalue weighted by atomic mass is 10.1. The van der Waals surface area contributed by atoms with E-state index in [2.05, 4.69) is 0 Å². The van der Waals surface area contributed by atoms with E-state index in [4.69, 9.17) is 9.47 Å². The molecule has 0 saturated carbocycles. The number of benzene rings is 2. The van der Waals surface area contributed by atoms with Crippen molar-refractivity contribution in [2.45, 2.75) is 0 Å². The van der Waals surface area contributed by atoms with Gasteiger partial charge >= 0.3 is 0 Å². The van der Waals surface area contributed by atoms with Gasteiger partial charge in [0.15, 0.2) is 17.3 Å². The third kappa shape index (κ3) is 4.13. The van der Waals surface area contributed by atoms with Crippen LogP contribution in [0.25, 0.3) is 6.08 Å². The number of ketones is 1. The van der Waals surface area contributed by atoms with E-state index in [9.17, 15) is 4.79 Å². The standard InChI is InChI=1S/C19H21NO3/c1-20(2)16-9-7-15(8-10-16)17(21)11-5-14-6-12-18(22-3)19(13-14)23-4/h5-13H,1-4H3/b11-5+. The SMILES string of the molecule is COc1ccc(/C=C/C(=O)c2ccc(N(C)C)cc2)cc1OC. The number of carbonyl (C=O) groups excluding carboxylic acids is 1. The second-order valence-corrected chi connectivity index (χ2v) is 5.25. The van der Waals surface area contributed by atoms with Crippen molar-refractivity contribution in [3.05, 3.63) is 59.7 Å². The monoisotopic (exact) mass is 311 g/mol. The molecule has 0 radical (unpaired) electrons. The van der Waals surface area contributed by atoms with Crippen molar-refractivity contribution in [1.29, 1.82) is 0 Å². The van der Waals surface area contributed by atoms with E-state index in [0.717, 1.165) is 11.3 Å². The zero-order chi connectivity index (χ0) is 16.8. The molecule has 23 heavy (non-hydrogen) atoms. The molecule has 0 aromatic heterocycles. The molecule has 0 aliphatic carbocycles. The minimum absolute atomic E-state index is 0.0370. The van der Waals surface area contributed by atoms with Crippen LogP contribution in [0.1, 0.15) is 15.9 Å². The molecule has 0 atom stereocenters. The summed E-state index contributed by atoms with van der Waals surface area (Å²) in [6.07, 6.45) is 3.33. The van der Waals surface area contributed by atoms with E-state index in [0.29, 0.717) is 17.1 Å². The van der Waals surface area contributed by atoms with Crippen LogP contribution in [0.15, 0.2) is 48.5 Å². The Hall–Kier alpha value is -2.75. The number of allylic oxidation sites excluding steroid dienone is 1. The third-order valence-electron chi connectivity index (χ3n) is 3.50. The Labute approximate surface area is 137 Å². The van der Waals surface area contributed by atoms with Crippen molar-refractivity contribution in [2.75, 3.05) is 33.2 Å². The minimum Gasteiger partial charge on any atom is -0.493 e. The summed E-state index contributed by atoms with van der Waals surface area (Å²) in [5.74, 6) is 1.26. The van der Waals surface area contributed by atoms with Crippen LogP contribution in [0.5, 0.6) is 11.5 Å². The number of methoxy groups -OCH3 is 2. The van der Waals surface area contributed by atoms with Crippen molar-refractivity contribution in [3.8, 4) is 11.5 Å². The molecule has 0 bridgehead atoms. The highest BCUT2D eigenvalue weighted by atomic mass is 16.5. The van der Waals surface area contributed by atoms with Crippen LogP contribution >= 0.6 is 0 Å². The maximum Gasteiger partial charge on any atom is 0.185 e. The van der Waals surface area contributed by atoms with E-state index in [-0.39, 0.29) is 5.78 Å². The van der Waals surface area contributed by atoms with Gasteiger partial charge in [0.05, 0.1) is 14.2 Å². The Morgan fingerprint density at radius 1 is 0.957 bits per heavy atom. The summed E-state index contributed by atoms with van der Waals surface area (Å²) in [5, 5.41) is 0. The fraction of sp³-hybridized carbons (Fsp3) is 0.211. The topological polar surface area (TPSA) is 38.8 Å². The van der Waals surface area contributed by atoms with Crippen LogP contribution in [0.2, 0.25) is 0 Å². The molecule has 4 heteroatoms. The highest BCUT2D eigenvalue weighted by Gasteiger charge is 2.05. The summed E-state index contributed by atoms with van der Waals surface area (Å²) in [6, 6.07) is 13.0. The largest absolute Gasteiger partial charge is 0.493 e. The number of anilines is 1. The van der Waals surface area contributed by atoms with Gasteiger partial charge in [-0.25, -0.2) is 0 Å². The quantitative estimate of drug-likeness (QED) is 0.603. The molecule has 0 unspecified atom stereocenters. The summed E-state index contributed by atoms with van der Waals surface area (Å²) >= 11 is 0. The van der Waals surface area contributed by atoms with Gasteiger partial charge in [-0.15, -0.1) is 0 Å². The summed E-state index contributed by atoms with van der Waals surface area (Å²) in [4.78, 5) is 14.2. The molecule has 0 saturated heterocycles. The lowest BCUT2D eigenvalue weighted by molar-refractivity contribution is 0.104. The third-order valence-corrected chi connectivity index (χ3v) is 3.50. The molecule has 0 aliphatic rings. The number of hydrogen-bond donors (Lipinski definition) is 0. The van der Waals surface area contributed by atoms with Crippen LogP contribution in [0.4, 0.5) is 5.69 Å². The number of ether oxygens (including phenoxy) is 2. The van der Waals surface area contributed by atoms with E-state index in [1.165, 1.54) is 0 Å². The van der Waals surface area contributed by atoms with E-state index < -0.39 is 0 Å². The van der Waals surface area contributed by atoms with Gasteiger partial charge in [-0.2, -0.15) is 0 Å². The highest BCUT2D eigenvalue weighted by Crippen LogP contribution is 2.28. The molecular weight excluding hydrogens is 290 g/mol. The van der Waals surface area contributed by atoms with Crippen LogP contribution in [0.3, 0.4) is 0 Å². The summed E-state index contributed by atoms with van der Waals surface area (Å²) in [6.45, 7) is 0. The molecule has 0 heterocycles. The second-order valence-electron chi connectivity index (χ2n) is 5.25. The number of carbonyl (C=O) groups is 1. The lowest BCUT2D eigenvalue weighted by Crippen LogP contribution is -2.08. The molecule has 2 rings (SSSR count). The minimum atomic E-state index is -0.0370. The molecule has 0 fully saturated rings. The zero-order valence-corrected chi connectivity index (χ0v) is 13.9. The van der Waals surface area contributed by atoms with Crippen molar-refractivity contribution in [1.82, 2.24) is 0 Å². The lowest BCUT2D eigenvalue weighted by Gasteiger charge is -2.11. The average Bonchev–Trinajstić information content (AvgIpc) is 2.59. The first-order valence-corrected chi connectivity index (χ1v) is 7.27. The molecule has 2 aromatic carbocycles. The Bertz CT molecular complexity index is 703. The Balaban J connectivity index is 2.14. The van der Waals surface area contributed by atoms with Gasteiger partial charge in [0.2, 0.25) is 0 Å². The van der Waals surface area contributed by atoms with Crippen molar-refractivity contribution < 1.29 is 14.3 Å². The van der Waals surface area contributed by atoms with Gasteiger partial charge in [0.25, 0.3) is 0 Å². The average molecular weight is 311 g/mol. The van der Waals surface area contributed by atoms with E-state index in [1.807, 2.05) is 61.5 Å². The zero-order valence-electron chi connectivity index (χ0n) is 13.9. The molecule has 0 aliphatic heterocycles. The molecule has 120 valence electrons. The fourth-order valence-corrected chi connectivity index (χ4v) is 2.15. The smallest absolute Gasteiger partial charge is 0.185 e. The molecule has 2 aromatic rings. The van der Waals surface area contributed by atoms with Gasteiger partial charge < -0.3 is 14.4 Å². The highest BCUT2D eigenvalue weighted by molar-refractivity contribution is 6.07. The Morgan fingerprint density at radius 3 is 2.17 bits per heavy atom. The molecule has 0 amide bonds. The van der Waals surface area contributed by atoms with Gasteiger partial charge in [0.1, 0.15) is 0 Å². The summed E-state index contributed by atoms with van der Waals surface area (Å²) in [7, 11) is 7.11. The fourth-order valence-electron chi connectivity index (χ4n) is 2.15. The van der Waals surface area contributed by atoms with Crippen LogP contribution < -0.4 is 14.4 Å². The van der Waals surface area contributed by atoms with E-state index >= 15 is 0 Å². The number of rotatable bonds is 6. The number of hydrogen-bond acceptors (Lipinski definition) is 4. The molecular formula is C19H21NO3. The Kier molecular flexibility index (Phi) is 5.41. The maximum atomic E-state index is 12.2. The molecule has 0 N–H and O–H groups in total. The van der Waals surface area contributed by atoms with Crippen molar-refractivity contribution >= 4 is 17.5 Å². The van der Waals surface area contributed by atoms with Crippen LogP contribution in [-0.4, -0.2) is 34.1 Å². The van der Waals surface area contributed by atoms with Gasteiger partial charge in [-0.05, 0) is 48.0 Å². The van der Waals surface area contributed by atoms with Gasteiger partial charge in [-0.1, -0.05) is 12.1 Å². The van der Waals surface area contributed by atoms with Crippen molar-refractivity contribution in [3.63, 3.8) is 0 Å². The normalized spacial score (nSPS) is 10.6. The first-order valence-electron chi connectivity index (χ1n) is 7.27. The predicted molar refractivity (Wildman–Crippen MR) is 93.7 cm³/mol. The second kappa shape index (κ2) is 7.49. The van der Waals surface area contributed by atoms with Gasteiger partial charge in [-0.3, -0.25) is 4.79 Å². The summed E-state index contributed by atoms with van der Waals surface area (Å²) < 4.78 is 10.5. The molecule has 4 nitrogen and oxygen atoms in total. The number of nitrogens with zero attached hydrogens (tertiary/aromatic N) is 1. The van der Waals surface area contributed by atoms with E-state index in [1.54, 1.807) is 26.4 Å². The predicted octanol–water partition coefficient (Wildman–Crippen LogP) is 3.67. The maximum absolute atomic E-state index is 12.2.